The second-order valence-electron chi connectivity index (χ2n) is 5.64. The summed E-state index contributed by atoms with van der Waals surface area (Å²) < 4.78 is 11.7. The Kier molecular flexibility index (Phi) is 2.39. The molecule has 3 aliphatic rings. The number of ether oxygens (including phenoxy) is 2. The summed E-state index contributed by atoms with van der Waals surface area (Å²) in [5, 5.41) is 0. The summed E-state index contributed by atoms with van der Waals surface area (Å²) in [7, 11) is 2.22. The first-order chi connectivity index (χ1) is 8.83. The molecule has 0 saturated carbocycles. The molecule has 0 radical (unpaired) electrons. The van der Waals surface area contributed by atoms with Crippen LogP contribution in [0.5, 0.6) is 5.75 Å². The minimum Gasteiger partial charge on any atom is -0.493 e. The highest BCUT2D eigenvalue weighted by Crippen LogP contribution is 2.41. The number of hydrogen-bond acceptors (Lipinski definition) is 3. The zero-order chi connectivity index (χ0) is 12.1. The van der Waals surface area contributed by atoms with Crippen LogP contribution in [0, 0.1) is 0 Å². The third-order valence-electron chi connectivity index (χ3n) is 4.62. The number of hydrogen-bond donors (Lipinski definition) is 0. The summed E-state index contributed by atoms with van der Waals surface area (Å²) in [6.45, 7) is 2.74. The number of aryl methyl sites for hydroxylation is 1. The van der Waals surface area contributed by atoms with E-state index in [4.69, 9.17) is 9.47 Å². The van der Waals surface area contributed by atoms with Crippen LogP contribution in [0.25, 0.3) is 0 Å². The number of benzene rings is 1. The number of rotatable bonds is 0. The van der Waals surface area contributed by atoms with Gasteiger partial charge in [-0.2, -0.15) is 0 Å². The van der Waals surface area contributed by atoms with Crippen LogP contribution < -0.4 is 4.74 Å². The van der Waals surface area contributed by atoms with Crippen molar-refractivity contribution in [3.8, 4) is 5.75 Å². The highest BCUT2D eigenvalue weighted by Gasteiger charge is 2.36. The molecule has 0 amide bonds. The largest absolute Gasteiger partial charge is 0.493 e. The molecule has 0 aromatic heterocycles. The lowest BCUT2D eigenvalue weighted by atomic mass is 9.83. The van der Waals surface area contributed by atoms with Crippen molar-refractivity contribution in [1.29, 1.82) is 0 Å². The van der Waals surface area contributed by atoms with Crippen LogP contribution in [-0.4, -0.2) is 37.7 Å². The van der Waals surface area contributed by atoms with Gasteiger partial charge in [0.25, 0.3) is 0 Å². The molecule has 1 aromatic carbocycles. The molecule has 4 rings (SSSR count). The third kappa shape index (κ3) is 1.50. The second-order valence-corrected chi connectivity index (χ2v) is 5.64. The summed E-state index contributed by atoms with van der Waals surface area (Å²) in [6, 6.07) is 5.14. The Balaban J connectivity index is 1.78. The summed E-state index contributed by atoms with van der Waals surface area (Å²) in [4.78, 5) is 2.45. The van der Waals surface area contributed by atoms with Gasteiger partial charge in [0.05, 0.1) is 19.3 Å². The van der Waals surface area contributed by atoms with Gasteiger partial charge >= 0.3 is 0 Å². The van der Waals surface area contributed by atoms with Crippen molar-refractivity contribution < 1.29 is 9.47 Å². The molecule has 0 bridgehead atoms. The van der Waals surface area contributed by atoms with Crippen molar-refractivity contribution in [1.82, 2.24) is 4.90 Å². The van der Waals surface area contributed by atoms with Crippen molar-refractivity contribution in [2.45, 2.75) is 31.4 Å². The fraction of sp³-hybridized carbons (Fsp3) is 0.600. The lowest BCUT2D eigenvalue weighted by molar-refractivity contribution is -0.0706. The molecule has 18 heavy (non-hydrogen) atoms. The molecule has 1 aliphatic carbocycles. The van der Waals surface area contributed by atoms with Gasteiger partial charge in [-0.15, -0.1) is 0 Å². The first-order valence-electron chi connectivity index (χ1n) is 6.93. The van der Waals surface area contributed by atoms with E-state index >= 15 is 0 Å². The maximum absolute atomic E-state index is 6.04. The molecule has 3 nitrogen and oxygen atoms in total. The quantitative estimate of drug-likeness (QED) is 0.697. The van der Waals surface area contributed by atoms with Gasteiger partial charge in [-0.05, 0) is 42.6 Å². The molecule has 1 aromatic rings. The molecular weight excluding hydrogens is 226 g/mol. The minimum absolute atomic E-state index is 0.252. The fourth-order valence-electron chi connectivity index (χ4n) is 3.58. The van der Waals surface area contributed by atoms with Crippen molar-refractivity contribution >= 4 is 0 Å². The number of fused-ring (bicyclic) bond motifs is 4. The highest BCUT2D eigenvalue weighted by molar-refractivity contribution is 5.47. The molecular formula is C15H19NO2. The lowest BCUT2D eigenvalue weighted by Gasteiger charge is -2.43. The van der Waals surface area contributed by atoms with Crippen LogP contribution in [0.15, 0.2) is 12.1 Å². The van der Waals surface area contributed by atoms with Crippen LogP contribution in [0.2, 0.25) is 0 Å². The van der Waals surface area contributed by atoms with E-state index in [-0.39, 0.29) is 6.10 Å². The molecule has 1 saturated heterocycles. The van der Waals surface area contributed by atoms with Gasteiger partial charge in [-0.25, -0.2) is 0 Å². The Labute approximate surface area is 108 Å². The summed E-state index contributed by atoms with van der Waals surface area (Å²) in [5.74, 6) is 1.09. The van der Waals surface area contributed by atoms with Crippen LogP contribution >= 0.6 is 0 Å². The van der Waals surface area contributed by atoms with Crippen molar-refractivity contribution in [3.63, 3.8) is 0 Å². The smallest absolute Gasteiger partial charge is 0.123 e. The van der Waals surface area contributed by atoms with Gasteiger partial charge in [0, 0.05) is 19.0 Å². The maximum Gasteiger partial charge on any atom is 0.123 e. The van der Waals surface area contributed by atoms with Crippen molar-refractivity contribution in [3.05, 3.63) is 28.8 Å². The van der Waals surface area contributed by atoms with Crippen LogP contribution in [0.3, 0.4) is 0 Å². The lowest BCUT2D eigenvalue weighted by Crippen LogP contribution is -2.46. The third-order valence-corrected chi connectivity index (χ3v) is 4.62. The summed E-state index contributed by atoms with van der Waals surface area (Å²) in [5.41, 5.74) is 4.24. The monoisotopic (exact) mass is 245 g/mol. The molecule has 0 spiro atoms. The SMILES string of the molecule is CN1CCO[C@@H]2c3cc4c(cc3CC[C@H]21)CCO4. The highest BCUT2D eigenvalue weighted by atomic mass is 16.5. The van der Waals surface area contributed by atoms with E-state index in [9.17, 15) is 0 Å². The zero-order valence-electron chi connectivity index (χ0n) is 10.8. The number of morpholine rings is 1. The van der Waals surface area contributed by atoms with Crippen molar-refractivity contribution in [2.24, 2.45) is 0 Å². The predicted octanol–water partition coefficient (Wildman–Crippen LogP) is 1.94. The Morgan fingerprint density at radius 2 is 2.11 bits per heavy atom. The van der Waals surface area contributed by atoms with Crippen LogP contribution in [0.1, 0.15) is 29.2 Å². The standard InChI is InChI=1S/C15H19NO2/c1-16-5-7-18-15-12-9-14-11(4-6-17-14)8-10(12)2-3-13(15)16/h8-9,13,15H,2-7H2,1H3/t13-,15-/m1/s1. The molecule has 1 fully saturated rings. The van der Waals surface area contributed by atoms with Crippen LogP contribution in [-0.2, 0) is 17.6 Å². The predicted molar refractivity (Wildman–Crippen MR) is 69.1 cm³/mol. The molecule has 96 valence electrons. The van der Waals surface area contributed by atoms with Gasteiger partial charge in [0.2, 0.25) is 0 Å². The number of nitrogens with zero attached hydrogens (tertiary/aromatic N) is 1. The van der Waals surface area contributed by atoms with Gasteiger partial charge in [0.15, 0.2) is 0 Å². The Morgan fingerprint density at radius 1 is 1.17 bits per heavy atom. The normalized spacial score (nSPS) is 30.3. The molecule has 2 heterocycles. The second kappa shape index (κ2) is 3.97. The van der Waals surface area contributed by atoms with E-state index in [1.807, 2.05) is 0 Å². The van der Waals surface area contributed by atoms with E-state index in [0.717, 1.165) is 31.9 Å². The molecule has 0 unspecified atom stereocenters. The van der Waals surface area contributed by atoms with E-state index in [0.29, 0.717) is 6.04 Å². The van der Waals surface area contributed by atoms with E-state index in [1.165, 1.54) is 29.5 Å². The minimum atomic E-state index is 0.252. The van der Waals surface area contributed by atoms with E-state index in [1.54, 1.807) is 0 Å². The Hall–Kier alpha value is -1.06. The fourth-order valence-corrected chi connectivity index (χ4v) is 3.58. The first-order valence-corrected chi connectivity index (χ1v) is 6.93. The maximum atomic E-state index is 6.04. The average Bonchev–Trinajstić information content (AvgIpc) is 2.83. The number of likely N-dealkylation sites (N-methyl/N-ethyl adjacent to an activating group) is 1. The van der Waals surface area contributed by atoms with Gasteiger partial charge in [0.1, 0.15) is 5.75 Å². The van der Waals surface area contributed by atoms with Crippen LogP contribution in [0.4, 0.5) is 0 Å². The Bertz CT molecular complexity index is 486. The first kappa shape index (κ1) is 10.8. The topological polar surface area (TPSA) is 21.7 Å². The van der Waals surface area contributed by atoms with Gasteiger partial charge < -0.3 is 9.47 Å². The van der Waals surface area contributed by atoms with Gasteiger partial charge in [-0.1, -0.05) is 6.07 Å². The summed E-state index contributed by atoms with van der Waals surface area (Å²) in [6.07, 6.45) is 3.71. The van der Waals surface area contributed by atoms with Gasteiger partial charge in [-0.3, -0.25) is 4.90 Å². The zero-order valence-corrected chi connectivity index (χ0v) is 10.8. The molecule has 3 heteroatoms. The van der Waals surface area contributed by atoms with E-state index < -0.39 is 0 Å². The molecule has 0 N–H and O–H groups in total. The molecule has 2 aliphatic heterocycles. The average molecular weight is 245 g/mol. The summed E-state index contributed by atoms with van der Waals surface area (Å²) >= 11 is 0. The Morgan fingerprint density at radius 3 is 3.06 bits per heavy atom. The molecule has 2 atom stereocenters. The van der Waals surface area contributed by atoms with E-state index in [2.05, 4.69) is 24.1 Å². The van der Waals surface area contributed by atoms with Crippen molar-refractivity contribution in [2.75, 3.05) is 26.8 Å².